The maximum absolute atomic E-state index is 13.7. The molecule has 0 saturated carbocycles. The first-order valence-electron chi connectivity index (χ1n) is 7.81. The fourth-order valence-electron chi connectivity index (χ4n) is 2.65. The summed E-state index contributed by atoms with van der Waals surface area (Å²) in [5, 5.41) is 0. The van der Waals surface area contributed by atoms with E-state index in [0.29, 0.717) is 31.7 Å². The molecule has 2 amide bonds. The topological polar surface area (TPSA) is 49.9 Å². The molecule has 1 aromatic carbocycles. The van der Waals surface area contributed by atoms with E-state index in [1.165, 1.54) is 19.2 Å². The van der Waals surface area contributed by atoms with Crippen molar-refractivity contribution in [1.29, 1.82) is 0 Å². The minimum Gasteiger partial charge on any atom is -0.494 e. The van der Waals surface area contributed by atoms with Crippen molar-refractivity contribution in [2.24, 2.45) is 5.92 Å². The number of rotatable bonds is 4. The summed E-state index contributed by atoms with van der Waals surface area (Å²) in [4.78, 5) is 27.8. The highest BCUT2D eigenvalue weighted by atomic mass is 19.1. The Morgan fingerprint density at radius 3 is 2.30 bits per heavy atom. The number of halogens is 1. The third-order valence-corrected chi connectivity index (χ3v) is 4.01. The second-order valence-corrected chi connectivity index (χ2v) is 6.01. The van der Waals surface area contributed by atoms with Crippen molar-refractivity contribution in [3.8, 4) is 5.75 Å². The van der Waals surface area contributed by atoms with Gasteiger partial charge in [-0.15, -0.1) is 0 Å². The van der Waals surface area contributed by atoms with Crippen molar-refractivity contribution in [1.82, 2.24) is 9.80 Å². The van der Waals surface area contributed by atoms with Gasteiger partial charge in [0.1, 0.15) is 0 Å². The molecule has 2 rings (SSSR count). The number of piperazine rings is 1. The Morgan fingerprint density at radius 1 is 1.17 bits per heavy atom. The van der Waals surface area contributed by atoms with Crippen molar-refractivity contribution in [3.63, 3.8) is 0 Å². The minimum absolute atomic E-state index is 0.0282. The summed E-state index contributed by atoms with van der Waals surface area (Å²) in [6.07, 6.45) is 0.152. The van der Waals surface area contributed by atoms with Crippen molar-refractivity contribution in [2.75, 3.05) is 33.3 Å². The Bertz CT molecular complexity index is 581. The Balaban J connectivity index is 1.90. The van der Waals surface area contributed by atoms with Crippen LogP contribution in [0.5, 0.6) is 5.75 Å². The molecule has 1 aromatic rings. The van der Waals surface area contributed by atoms with Crippen LogP contribution in [0.25, 0.3) is 0 Å². The van der Waals surface area contributed by atoms with E-state index in [1.807, 2.05) is 13.8 Å². The number of nitrogens with zero attached hydrogens (tertiary/aromatic N) is 2. The maximum Gasteiger partial charge on any atom is 0.227 e. The van der Waals surface area contributed by atoms with Gasteiger partial charge in [-0.2, -0.15) is 0 Å². The fourth-order valence-corrected chi connectivity index (χ4v) is 2.65. The highest BCUT2D eigenvalue weighted by molar-refractivity contribution is 5.80. The lowest BCUT2D eigenvalue weighted by atomic mass is 10.1. The Hall–Kier alpha value is -2.11. The van der Waals surface area contributed by atoms with Gasteiger partial charge in [0.05, 0.1) is 13.5 Å². The van der Waals surface area contributed by atoms with Crippen molar-refractivity contribution >= 4 is 11.8 Å². The van der Waals surface area contributed by atoms with E-state index in [2.05, 4.69) is 0 Å². The quantitative estimate of drug-likeness (QED) is 0.848. The van der Waals surface area contributed by atoms with Crippen LogP contribution in [0, 0.1) is 11.7 Å². The summed E-state index contributed by atoms with van der Waals surface area (Å²) in [5.41, 5.74) is 0.619. The molecule has 0 N–H and O–H groups in total. The van der Waals surface area contributed by atoms with Gasteiger partial charge in [-0.05, 0) is 17.7 Å². The number of amides is 2. The molecule has 126 valence electrons. The highest BCUT2D eigenvalue weighted by Crippen LogP contribution is 2.18. The third-order valence-electron chi connectivity index (χ3n) is 4.01. The molecule has 23 heavy (non-hydrogen) atoms. The van der Waals surface area contributed by atoms with E-state index in [-0.39, 0.29) is 29.9 Å². The van der Waals surface area contributed by atoms with Gasteiger partial charge in [0.15, 0.2) is 11.6 Å². The Labute approximate surface area is 136 Å². The van der Waals surface area contributed by atoms with Gasteiger partial charge in [0, 0.05) is 32.1 Å². The molecule has 5 nitrogen and oxygen atoms in total. The van der Waals surface area contributed by atoms with Crippen molar-refractivity contribution < 1.29 is 18.7 Å². The number of hydrogen-bond donors (Lipinski definition) is 0. The van der Waals surface area contributed by atoms with E-state index in [0.717, 1.165) is 0 Å². The van der Waals surface area contributed by atoms with Crippen molar-refractivity contribution in [3.05, 3.63) is 29.6 Å². The molecule has 0 spiro atoms. The SMILES string of the molecule is COc1ccc(CC(=O)N2CCN(C(=O)C(C)C)CC2)cc1F. The van der Waals surface area contributed by atoms with E-state index in [1.54, 1.807) is 15.9 Å². The summed E-state index contributed by atoms with van der Waals surface area (Å²) in [6, 6.07) is 4.55. The first-order chi connectivity index (χ1) is 10.9. The van der Waals surface area contributed by atoms with Crippen LogP contribution in [-0.2, 0) is 16.0 Å². The Morgan fingerprint density at radius 2 is 1.78 bits per heavy atom. The Kier molecular flexibility index (Phi) is 5.58. The molecule has 0 atom stereocenters. The zero-order valence-electron chi connectivity index (χ0n) is 13.8. The number of hydrogen-bond acceptors (Lipinski definition) is 3. The van der Waals surface area contributed by atoms with Gasteiger partial charge >= 0.3 is 0 Å². The first-order valence-corrected chi connectivity index (χ1v) is 7.81. The lowest BCUT2D eigenvalue weighted by molar-refractivity contribution is -0.141. The van der Waals surface area contributed by atoms with Gasteiger partial charge < -0.3 is 14.5 Å². The van der Waals surface area contributed by atoms with E-state index >= 15 is 0 Å². The summed E-state index contributed by atoms with van der Waals surface area (Å²) >= 11 is 0. The number of ether oxygens (including phenoxy) is 1. The summed E-state index contributed by atoms with van der Waals surface area (Å²) in [6.45, 7) is 5.90. The first kappa shape index (κ1) is 17.2. The summed E-state index contributed by atoms with van der Waals surface area (Å²) < 4.78 is 18.5. The normalized spacial score (nSPS) is 15.0. The van der Waals surface area contributed by atoms with Crippen LogP contribution in [0.15, 0.2) is 18.2 Å². The van der Waals surface area contributed by atoms with Crippen LogP contribution in [0.3, 0.4) is 0 Å². The second kappa shape index (κ2) is 7.44. The van der Waals surface area contributed by atoms with Crippen LogP contribution < -0.4 is 4.74 Å². The molecule has 0 radical (unpaired) electrons. The van der Waals surface area contributed by atoms with Crippen LogP contribution in [0.4, 0.5) is 4.39 Å². The standard InChI is InChI=1S/C17H23FN2O3/c1-12(2)17(22)20-8-6-19(7-9-20)16(21)11-13-4-5-15(23-3)14(18)10-13/h4-5,10,12H,6-9,11H2,1-3H3. The van der Waals surface area contributed by atoms with E-state index in [9.17, 15) is 14.0 Å². The van der Waals surface area contributed by atoms with Crippen molar-refractivity contribution in [2.45, 2.75) is 20.3 Å². The van der Waals surface area contributed by atoms with Gasteiger partial charge in [0.2, 0.25) is 11.8 Å². The molecule has 1 aliphatic heterocycles. The lowest BCUT2D eigenvalue weighted by Crippen LogP contribution is -2.51. The molecule has 0 aliphatic carbocycles. The molecule has 0 bridgehead atoms. The molecule has 6 heteroatoms. The number of carbonyl (C=O) groups is 2. The molecular formula is C17H23FN2O3. The van der Waals surface area contributed by atoms with Gasteiger partial charge in [-0.25, -0.2) is 4.39 Å². The fraction of sp³-hybridized carbons (Fsp3) is 0.529. The van der Waals surface area contributed by atoms with E-state index < -0.39 is 5.82 Å². The molecule has 1 aliphatic rings. The number of benzene rings is 1. The number of carbonyl (C=O) groups excluding carboxylic acids is 2. The smallest absolute Gasteiger partial charge is 0.227 e. The van der Waals surface area contributed by atoms with E-state index in [4.69, 9.17) is 4.74 Å². The van der Waals surface area contributed by atoms with Crippen LogP contribution >= 0.6 is 0 Å². The van der Waals surface area contributed by atoms with Gasteiger partial charge in [0.25, 0.3) is 0 Å². The number of methoxy groups -OCH3 is 1. The average Bonchev–Trinajstić information content (AvgIpc) is 2.54. The third kappa shape index (κ3) is 4.21. The zero-order valence-corrected chi connectivity index (χ0v) is 13.8. The largest absolute Gasteiger partial charge is 0.494 e. The minimum atomic E-state index is -0.467. The van der Waals surface area contributed by atoms with Crippen LogP contribution in [0.2, 0.25) is 0 Å². The predicted octanol–water partition coefficient (Wildman–Crippen LogP) is 1.70. The molecule has 1 fully saturated rings. The monoisotopic (exact) mass is 322 g/mol. The molecule has 1 saturated heterocycles. The predicted molar refractivity (Wildman–Crippen MR) is 84.7 cm³/mol. The molecular weight excluding hydrogens is 299 g/mol. The zero-order chi connectivity index (χ0) is 17.0. The van der Waals surface area contributed by atoms with Gasteiger partial charge in [-0.1, -0.05) is 19.9 Å². The molecule has 1 heterocycles. The second-order valence-electron chi connectivity index (χ2n) is 6.01. The van der Waals surface area contributed by atoms with Gasteiger partial charge in [-0.3, -0.25) is 9.59 Å². The highest BCUT2D eigenvalue weighted by Gasteiger charge is 2.25. The summed E-state index contributed by atoms with van der Waals surface area (Å²) in [5.74, 6) is -0.257. The average molecular weight is 322 g/mol. The molecule has 0 unspecified atom stereocenters. The van der Waals surface area contributed by atoms with Crippen LogP contribution in [0.1, 0.15) is 19.4 Å². The summed E-state index contributed by atoms with van der Waals surface area (Å²) in [7, 11) is 1.40. The lowest BCUT2D eigenvalue weighted by Gasteiger charge is -2.35. The maximum atomic E-state index is 13.7. The molecule has 0 aromatic heterocycles. The van der Waals surface area contributed by atoms with Crippen LogP contribution in [-0.4, -0.2) is 54.9 Å².